The molecule has 12 heteroatoms. The van der Waals surface area contributed by atoms with Crippen molar-refractivity contribution in [2.75, 3.05) is 31.6 Å². The van der Waals surface area contributed by atoms with E-state index >= 15 is 0 Å². The molecule has 5 rings (SSSR count). The van der Waals surface area contributed by atoms with Crippen molar-refractivity contribution in [1.29, 1.82) is 0 Å². The monoisotopic (exact) mass is 549 g/mol. The van der Waals surface area contributed by atoms with E-state index in [1.54, 1.807) is 57.6 Å². The summed E-state index contributed by atoms with van der Waals surface area (Å²) in [6, 6.07) is 8.50. The molecule has 1 aromatic carbocycles. The normalized spacial score (nSPS) is 13.6. The lowest BCUT2D eigenvalue weighted by Crippen LogP contribution is -2.42. The molecule has 1 aliphatic rings. The number of benzene rings is 1. The summed E-state index contributed by atoms with van der Waals surface area (Å²) in [4.78, 5) is 40.2. The van der Waals surface area contributed by atoms with E-state index in [-0.39, 0.29) is 24.1 Å². The Morgan fingerprint density at radius 2 is 1.87 bits per heavy atom. The lowest BCUT2D eigenvalue weighted by molar-refractivity contribution is -0.135. The molecule has 0 saturated carbocycles. The first-order chi connectivity index (χ1) is 18.9. The van der Waals surface area contributed by atoms with Crippen molar-refractivity contribution in [2.45, 2.75) is 33.2 Å². The van der Waals surface area contributed by atoms with E-state index in [0.29, 0.717) is 65.8 Å². The van der Waals surface area contributed by atoms with Gasteiger partial charge in [0.25, 0.3) is 5.91 Å². The smallest absolute Gasteiger partial charge is 0.259 e. The number of anilines is 1. The number of carbonyl (C=O) groups excluding carboxylic acids is 3. The van der Waals surface area contributed by atoms with Crippen molar-refractivity contribution < 1.29 is 19.1 Å². The first kappa shape index (κ1) is 26.5. The van der Waals surface area contributed by atoms with Crippen LogP contribution in [0.3, 0.4) is 0 Å². The molecule has 0 bridgehead atoms. The second-order valence-electron chi connectivity index (χ2n) is 9.28. The number of hydrogen-bond acceptors (Lipinski definition) is 7. The number of morpholine rings is 1. The lowest BCUT2D eigenvalue weighted by Gasteiger charge is -2.27. The molecule has 39 heavy (non-hydrogen) atoms. The summed E-state index contributed by atoms with van der Waals surface area (Å²) in [5.74, 6) is 0.231. The predicted octanol–water partition coefficient (Wildman–Crippen LogP) is 3.67. The van der Waals surface area contributed by atoms with Crippen LogP contribution in [-0.4, -0.2) is 73.3 Å². The molecular weight excluding hydrogens is 522 g/mol. The molecule has 4 heterocycles. The van der Waals surface area contributed by atoms with Crippen LogP contribution in [0.4, 0.5) is 5.82 Å². The van der Waals surface area contributed by atoms with Crippen molar-refractivity contribution in [3.63, 3.8) is 0 Å². The summed E-state index contributed by atoms with van der Waals surface area (Å²) >= 11 is 6.24. The van der Waals surface area contributed by atoms with Crippen LogP contribution in [0, 0.1) is 6.92 Å². The van der Waals surface area contributed by atoms with Gasteiger partial charge in [-0.25, -0.2) is 4.68 Å². The molecule has 1 fully saturated rings. The third-order valence-corrected chi connectivity index (χ3v) is 6.89. The topological polar surface area (TPSA) is 124 Å². The molecular formula is C27H28ClN7O4. The SMILES string of the molecule is CCCC(=O)c1cnn(-c2ccc(NC(=O)c3cn(CC(=O)N4CCOCC4)c4ccc(Cl)cc34)nn2)c1C. The molecule has 0 aliphatic carbocycles. The summed E-state index contributed by atoms with van der Waals surface area (Å²) < 4.78 is 8.63. The molecule has 2 amide bonds. The van der Waals surface area contributed by atoms with Crippen LogP contribution in [0.15, 0.2) is 42.7 Å². The molecule has 11 nitrogen and oxygen atoms in total. The van der Waals surface area contributed by atoms with Gasteiger partial charge in [0.05, 0.1) is 36.2 Å². The Balaban J connectivity index is 1.35. The van der Waals surface area contributed by atoms with Gasteiger partial charge in [-0.05, 0) is 43.7 Å². The minimum Gasteiger partial charge on any atom is -0.378 e. The van der Waals surface area contributed by atoms with E-state index in [9.17, 15) is 14.4 Å². The fraction of sp³-hybridized carbons (Fsp3) is 0.333. The number of fused-ring (bicyclic) bond motifs is 1. The maximum absolute atomic E-state index is 13.3. The van der Waals surface area contributed by atoms with Crippen molar-refractivity contribution in [3.8, 4) is 5.82 Å². The van der Waals surface area contributed by atoms with Crippen LogP contribution < -0.4 is 5.32 Å². The molecule has 0 unspecified atom stereocenters. The standard InChI is InChI=1S/C27H28ClN7O4/c1-3-4-23(36)20-14-29-35(17(20)2)25-8-7-24(31-32-25)30-27(38)21-15-34(22-6-5-18(28)13-19(21)22)16-26(37)33-9-11-39-12-10-33/h5-8,13-15H,3-4,9-12,16H2,1-2H3,(H,30,31,38). The summed E-state index contributed by atoms with van der Waals surface area (Å²) in [5.41, 5.74) is 2.30. The quantitative estimate of drug-likeness (QED) is 0.332. The number of hydrogen-bond donors (Lipinski definition) is 1. The highest BCUT2D eigenvalue weighted by molar-refractivity contribution is 6.31. The highest BCUT2D eigenvalue weighted by atomic mass is 35.5. The molecule has 0 atom stereocenters. The number of amides is 2. The van der Waals surface area contributed by atoms with E-state index in [1.165, 1.54) is 6.20 Å². The summed E-state index contributed by atoms with van der Waals surface area (Å²) in [5, 5.41) is 16.5. The van der Waals surface area contributed by atoms with Gasteiger partial charge in [0.2, 0.25) is 5.91 Å². The average molecular weight is 550 g/mol. The van der Waals surface area contributed by atoms with Crippen molar-refractivity contribution in [1.82, 2.24) is 29.4 Å². The Kier molecular flexibility index (Phi) is 7.71. The summed E-state index contributed by atoms with van der Waals surface area (Å²) in [7, 11) is 0. The van der Waals surface area contributed by atoms with Gasteiger partial charge in [0, 0.05) is 41.6 Å². The van der Waals surface area contributed by atoms with Gasteiger partial charge in [-0.1, -0.05) is 18.5 Å². The van der Waals surface area contributed by atoms with Gasteiger partial charge in [-0.2, -0.15) is 5.10 Å². The minimum atomic E-state index is -0.412. The van der Waals surface area contributed by atoms with Crippen molar-refractivity contribution >= 4 is 45.9 Å². The second kappa shape index (κ2) is 11.3. The largest absolute Gasteiger partial charge is 0.378 e. The minimum absolute atomic E-state index is 0.0315. The molecule has 3 aromatic heterocycles. The zero-order chi connectivity index (χ0) is 27.5. The lowest BCUT2D eigenvalue weighted by atomic mass is 10.1. The van der Waals surface area contributed by atoms with E-state index in [4.69, 9.17) is 16.3 Å². The summed E-state index contributed by atoms with van der Waals surface area (Å²) in [6.07, 6.45) is 4.40. The Labute approximate surface area is 229 Å². The van der Waals surface area contributed by atoms with Gasteiger partial charge in [-0.15, -0.1) is 10.2 Å². The molecule has 0 spiro atoms. The van der Waals surface area contributed by atoms with Gasteiger partial charge in [0.1, 0.15) is 6.54 Å². The van der Waals surface area contributed by atoms with Crippen LogP contribution in [-0.2, 0) is 16.1 Å². The van der Waals surface area contributed by atoms with E-state index < -0.39 is 5.91 Å². The first-order valence-electron chi connectivity index (χ1n) is 12.7. The number of halogens is 1. The van der Waals surface area contributed by atoms with Gasteiger partial charge in [-0.3, -0.25) is 14.4 Å². The van der Waals surface area contributed by atoms with Crippen molar-refractivity contribution in [2.24, 2.45) is 0 Å². The van der Waals surface area contributed by atoms with E-state index in [1.807, 2.05) is 6.92 Å². The third kappa shape index (κ3) is 5.55. The first-order valence-corrected chi connectivity index (χ1v) is 13.1. The van der Waals surface area contributed by atoms with Crippen LogP contribution in [0.2, 0.25) is 5.02 Å². The summed E-state index contributed by atoms with van der Waals surface area (Å²) in [6.45, 7) is 5.96. The van der Waals surface area contributed by atoms with Crippen LogP contribution >= 0.6 is 11.6 Å². The molecule has 202 valence electrons. The fourth-order valence-corrected chi connectivity index (χ4v) is 4.78. The number of Topliss-reactive ketones (excluding diaryl/α,β-unsaturated/α-hetero) is 1. The number of nitrogens with one attached hydrogen (secondary N) is 1. The van der Waals surface area contributed by atoms with Gasteiger partial charge >= 0.3 is 0 Å². The zero-order valence-electron chi connectivity index (χ0n) is 21.7. The number of aromatic nitrogens is 5. The molecule has 1 N–H and O–H groups in total. The Bertz CT molecular complexity index is 1540. The molecule has 0 radical (unpaired) electrons. The Morgan fingerprint density at radius 3 is 2.59 bits per heavy atom. The predicted molar refractivity (Wildman–Crippen MR) is 145 cm³/mol. The number of carbonyl (C=O) groups is 3. The maximum atomic E-state index is 13.3. The fourth-order valence-electron chi connectivity index (χ4n) is 4.60. The highest BCUT2D eigenvalue weighted by Crippen LogP contribution is 2.26. The van der Waals surface area contributed by atoms with Gasteiger partial charge in [0.15, 0.2) is 17.4 Å². The number of ketones is 1. The maximum Gasteiger partial charge on any atom is 0.259 e. The van der Waals surface area contributed by atoms with E-state index in [0.717, 1.165) is 11.9 Å². The average Bonchev–Trinajstić information content (AvgIpc) is 3.50. The number of rotatable bonds is 8. The third-order valence-electron chi connectivity index (χ3n) is 6.65. The zero-order valence-corrected chi connectivity index (χ0v) is 22.4. The number of ether oxygens (including phenoxy) is 1. The van der Waals surface area contributed by atoms with Crippen LogP contribution in [0.1, 0.15) is 46.2 Å². The second-order valence-corrected chi connectivity index (χ2v) is 9.72. The number of nitrogens with zero attached hydrogens (tertiary/aromatic N) is 6. The molecule has 1 saturated heterocycles. The Morgan fingerprint density at radius 1 is 1.08 bits per heavy atom. The van der Waals surface area contributed by atoms with E-state index in [2.05, 4.69) is 20.6 Å². The highest BCUT2D eigenvalue weighted by Gasteiger charge is 2.22. The molecule has 4 aromatic rings. The van der Waals surface area contributed by atoms with Crippen LogP contribution in [0.25, 0.3) is 16.7 Å². The van der Waals surface area contributed by atoms with Crippen molar-refractivity contribution in [3.05, 3.63) is 64.6 Å². The molecule has 1 aliphatic heterocycles. The van der Waals surface area contributed by atoms with Gasteiger partial charge < -0.3 is 19.5 Å². The Hall–Kier alpha value is -4.09. The van der Waals surface area contributed by atoms with Crippen LogP contribution in [0.5, 0.6) is 0 Å².